The van der Waals surface area contributed by atoms with E-state index in [9.17, 15) is 19.2 Å². The van der Waals surface area contributed by atoms with Crippen LogP contribution in [-0.4, -0.2) is 53.9 Å². The minimum absolute atomic E-state index is 0.363. The van der Waals surface area contributed by atoms with E-state index >= 15 is 0 Å². The molecule has 27 heavy (non-hydrogen) atoms. The van der Waals surface area contributed by atoms with Gasteiger partial charge in [0.2, 0.25) is 5.78 Å². The Morgan fingerprint density at radius 1 is 1.15 bits per heavy atom. The van der Waals surface area contributed by atoms with Gasteiger partial charge >= 0.3 is 12.0 Å². The summed E-state index contributed by atoms with van der Waals surface area (Å²) in [6.45, 7) is 4.49. The first-order chi connectivity index (χ1) is 12.8. The highest BCUT2D eigenvalue weighted by Gasteiger charge is 2.49. The van der Waals surface area contributed by atoms with Crippen molar-refractivity contribution in [2.75, 3.05) is 13.7 Å². The van der Waals surface area contributed by atoms with Crippen molar-refractivity contribution < 1.29 is 28.7 Å². The predicted octanol–water partition coefficient (Wildman–Crippen LogP) is 1.92. The van der Waals surface area contributed by atoms with Gasteiger partial charge < -0.3 is 14.8 Å². The third-order valence-electron chi connectivity index (χ3n) is 4.79. The minimum atomic E-state index is -1.05. The molecule has 8 heteroatoms. The maximum atomic E-state index is 12.5. The molecule has 8 nitrogen and oxygen atoms in total. The van der Waals surface area contributed by atoms with E-state index in [0.29, 0.717) is 24.2 Å². The van der Waals surface area contributed by atoms with Crippen LogP contribution in [0.3, 0.4) is 0 Å². The van der Waals surface area contributed by atoms with Crippen LogP contribution >= 0.6 is 0 Å². The van der Waals surface area contributed by atoms with E-state index < -0.39 is 36.1 Å². The molecule has 0 bridgehead atoms. The average Bonchev–Trinajstić information content (AvgIpc) is 2.92. The van der Waals surface area contributed by atoms with E-state index in [4.69, 9.17) is 9.47 Å². The normalized spacial score (nSPS) is 16.7. The van der Waals surface area contributed by atoms with Crippen LogP contribution in [0.5, 0.6) is 5.75 Å². The largest absolute Gasteiger partial charge is 0.497 e. The molecule has 0 aliphatic carbocycles. The maximum absolute atomic E-state index is 12.5. The molecule has 1 aliphatic heterocycles. The predicted molar refractivity (Wildman–Crippen MR) is 96.4 cm³/mol. The Kier molecular flexibility index (Phi) is 6.20. The molecule has 0 saturated carbocycles. The first kappa shape index (κ1) is 20.4. The Hall–Kier alpha value is -2.90. The van der Waals surface area contributed by atoms with E-state index in [1.807, 2.05) is 0 Å². The van der Waals surface area contributed by atoms with Crippen molar-refractivity contribution >= 4 is 23.7 Å². The number of carbonyl (C=O) groups is 4. The number of hydrogen-bond donors (Lipinski definition) is 1. The summed E-state index contributed by atoms with van der Waals surface area (Å²) in [4.78, 5) is 49.9. The second-order valence-electron chi connectivity index (χ2n) is 6.34. The number of ether oxygens (including phenoxy) is 2. The molecule has 1 aromatic carbocycles. The van der Waals surface area contributed by atoms with Gasteiger partial charge in [0, 0.05) is 5.56 Å². The van der Waals surface area contributed by atoms with Crippen molar-refractivity contribution in [1.29, 1.82) is 0 Å². The topological polar surface area (TPSA) is 102 Å². The molecule has 1 saturated heterocycles. The van der Waals surface area contributed by atoms with Gasteiger partial charge in [-0.3, -0.25) is 19.3 Å². The molecular weight excluding hydrogens is 352 g/mol. The van der Waals surface area contributed by atoms with Crippen molar-refractivity contribution in [1.82, 2.24) is 10.2 Å². The molecule has 0 unspecified atom stereocenters. The van der Waals surface area contributed by atoms with Crippen LogP contribution in [-0.2, 0) is 14.3 Å². The van der Waals surface area contributed by atoms with Crippen molar-refractivity contribution in [2.24, 2.45) is 0 Å². The molecule has 1 N–H and O–H groups in total. The van der Waals surface area contributed by atoms with Gasteiger partial charge in [-0.05, 0) is 44.0 Å². The van der Waals surface area contributed by atoms with Gasteiger partial charge in [-0.1, -0.05) is 13.8 Å². The summed E-state index contributed by atoms with van der Waals surface area (Å²) >= 11 is 0. The lowest BCUT2D eigenvalue weighted by molar-refractivity contribution is -0.150. The number of imide groups is 1. The van der Waals surface area contributed by atoms with Gasteiger partial charge in [-0.2, -0.15) is 0 Å². The second-order valence-corrected chi connectivity index (χ2v) is 6.34. The Balaban J connectivity index is 1.99. The van der Waals surface area contributed by atoms with Gasteiger partial charge in [0.25, 0.3) is 5.91 Å². The van der Waals surface area contributed by atoms with Crippen LogP contribution in [0.25, 0.3) is 0 Å². The summed E-state index contributed by atoms with van der Waals surface area (Å²) in [5.41, 5.74) is -0.621. The average molecular weight is 376 g/mol. The maximum Gasteiger partial charge on any atom is 0.326 e. The number of carbonyl (C=O) groups excluding carboxylic acids is 4. The number of esters is 1. The monoisotopic (exact) mass is 376 g/mol. The Morgan fingerprint density at radius 2 is 1.74 bits per heavy atom. The number of Topliss-reactive ketones (excluding diaryl/α,β-unsaturated/α-hetero) is 1. The molecule has 1 atom stereocenters. The number of benzene rings is 1. The standard InChI is InChI=1S/C19H24N2O6/c1-5-19(6-2)17(24)21(18(25)20-19)11-15(22)27-12(3)16(23)13-7-9-14(26-4)10-8-13/h7-10,12H,5-6,11H2,1-4H3,(H,20,25)/t12-/m1/s1. The summed E-state index contributed by atoms with van der Waals surface area (Å²) < 4.78 is 10.2. The molecule has 2 rings (SSSR count). The van der Waals surface area contributed by atoms with E-state index in [1.165, 1.54) is 14.0 Å². The molecule has 146 valence electrons. The molecule has 1 aliphatic rings. The van der Waals surface area contributed by atoms with Gasteiger partial charge in [-0.15, -0.1) is 0 Å². The number of ketones is 1. The fourth-order valence-corrected chi connectivity index (χ4v) is 2.96. The number of amides is 3. The molecule has 1 heterocycles. The Labute approximate surface area is 157 Å². The van der Waals surface area contributed by atoms with E-state index in [-0.39, 0.29) is 5.78 Å². The van der Waals surface area contributed by atoms with Crippen molar-refractivity contribution in [3.05, 3.63) is 29.8 Å². The molecule has 0 radical (unpaired) electrons. The smallest absolute Gasteiger partial charge is 0.326 e. The number of rotatable bonds is 8. The lowest BCUT2D eigenvalue weighted by atomic mass is 9.93. The summed E-state index contributed by atoms with van der Waals surface area (Å²) in [5, 5.41) is 2.64. The lowest BCUT2D eigenvalue weighted by Crippen LogP contribution is -2.46. The fraction of sp³-hybridized carbons (Fsp3) is 0.474. The second kappa shape index (κ2) is 8.20. The number of nitrogens with one attached hydrogen (secondary N) is 1. The summed E-state index contributed by atoms with van der Waals surface area (Å²) in [5.74, 6) is -1.07. The zero-order chi connectivity index (χ0) is 20.2. The quantitative estimate of drug-likeness (QED) is 0.422. The van der Waals surface area contributed by atoms with Crippen LogP contribution in [0.1, 0.15) is 44.0 Å². The van der Waals surface area contributed by atoms with Crippen molar-refractivity contribution in [2.45, 2.75) is 45.3 Å². The summed E-state index contributed by atoms with van der Waals surface area (Å²) in [6.07, 6.45) is -0.202. The number of urea groups is 1. The zero-order valence-electron chi connectivity index (χ0n) is 15.9. The molecule has 3 amide bonds. The van der Waals surface area contributed by atoms with Gasteiger partial charge in [0.1, 0.15) is 17.8 Å². The lowest BCUT2D eigenvalue weighted by Gasteiger charge is -2.23. The van der Waals surface area contributed by atoms with Gasteiger partial charge in [0.05, 0.1) is 7.11 Å². The number of methoxy groups -OCH3 is 1. The van der Waals surface area contributed by atoms with E-state index in [0.717, 1.165) is 4.90 Å². The summed E-state index contributed by atoms with van der Waals surface area (Å²) in [7, 11) is 1.52. The van der Waals surface area contributed by atoms with E-state index in [2.05, 4.69) is 5.32 Å². The number of hydrogen-bond acceptors (Lipinski definition) is 6. The van der Waals surface area contributed by atoms with Crippen LogP contribution < -0.4 is 10.1 Å². The molecule has 0 spiro atoms. The Morgan fingerprint density at radius 3 is 2.22 bits per heavy atom. The minimum Gasteiger partial charge on any atom is -0.497 e. The van der Waals surface area contributed by atoms with E-state index in [1.54, 1.807) is 38.1 Å². The molecule has 1 fully saturated rings. The molecular formula is C19H24N2O6. The van der Waals surface area contributed by atoms with Crippen LogP contribution in [0.2, 0.25) is 0 Å². The highest BCUT2D eigenvalue weighted by Crippen LogP contribution is 2.24. The van der Waals surface area contributed by atoms with Crippen LogP contribution in [0.15, 0.2) is 24.3 Å². The third kappa shape index (κ3) is 4.10. The first-order valence-electron chi connectivity index (χ1n) is 8.79. The zero-order valence-corrected chi connectivity index (χ0v) is 15.9. The fourth-order valence-electron chi connectivity index (χ4n) is 2.96. The number of nitrogens with zero attached hydrogens (tertiary/aromatic N) is 1. The summed E-state index contributed by atoms with van der Waals surface area (Å²) in [6, 6.07) is 5.77. The molecule has 0 aromatic heterocycles. The first-order valence-corrected chi connectivity index (χ1v) is 8.79. The van der Waals surface area contributed by atoms with Gasteiger partial charge in [-0.25, -0.2) is 4.79 Å². The highest BCUT2D eigenvalue weighted by atomic mass is 16.5. The van der Waals surface area contributed by atoms with Crippen LogP contribution in [0.4, 0.5) is 4.79 Å². The third-order valence-corrected chi connectivity index (χ3v) is 4.79. The molecule has 1 aromatic rings. The van der Waals surface area contributed by atoms with Crippen LogP contribution in [0, 0.1) is 0 Å². The van der Waals surface area contributed by atoms with Crippen molar-refractivity contribution in [3.63, 3.8) is 0 Å². The SMILES string of the molecule is CCC1(CC)NC(=O)N(CC(=O)O[C@H](C)C(=O)c2ccc(OC)cc2)C1=O. The van der Waals surface area contributed by atoms with Gasteiger partial charge in [0.15, 0.2) is 6.10 Å². The van der Waals surface area contributed by atoms with Crippen molar-refractivity contribution in [3.8, 4) is 5.75 Å². The Bertz CT molecular complexity index is 739. The highest BCUT2D eigenvalue weighted by molar-refractivity contribution is 6.08.